The molecular formula is C10H12ClNO4. The van der Waals surface area contributed by atoms with Gasteiger partial charge in [0.15, 0.2) is 0 Å². The van der Waals surface area contributed by atoms with Crippen LogP contribution in [0.25, 0.3) is 0 Å². The number of nitrogens with zero attached hydrogens (tertiary/aromatic N) is 1. The van der Waals surface area contributed by atoms with E-state index in [-0.39, 0.29) is 11.4 Å². The van der Waals surface area contributed by atoms with Crippen molar-refractivity contribution in [2.45, 2.75) is 6.92 Å². The van der Waals surface area contributed by atoms with Crippen molar-refractivity contribution in [3.63, 3.8) is 0 Å². The summed E-state index contributed by atoms with van der Waals surface area (Å²) in [5, 5.41) is 0.321. The maximum Gasteiger partial charge on any atom is 0.356 e. The lowest BCUT2D eigenvalue weighted by atomic mass is 10.3. The summed E-state index contributed by atoms with van der Waals surface area (Å²) in [6.45, 7) is 4.90. The Hall–Kier alpha value is -1.62. The lowest BCUT2D eigenvalue weighted by Gasteiger charge is -2.01. The molecule has 0 rings (SSSR count). The van der Waals surface area contributed by atoms with Crippen LogP contribution in [0.5, 0.6) is 0 Å². The van der Waals surface area contributed by atoms with Gasteiger partial charge >= 0.3 is 11.9 Å². The second-order valence-electron chi connectivity index (χ2n) is 2.66. The quantitative estimate of drug-likeness (QED) is 0.427. The average molecular weight is 246 g/mol. The highest BCUT2D eigenvalue weighted by atomic mass is 35.5. The number of hydrogen-bond donors (Lipinski definition) is 0. The smallest absolute Gasteiger partial charge is 0.356 e. The zero-order valence-corrected chi connectivity index (χ0v) is 10.00. The van der Waals surface area contributed by atoms with Gasteiger partial charge in [0.25, 0.3) is 0 Å². The van der Waals surface area contributed by atoms with Gasteiger partial charge in [-0.15, -0.1) is 0 Å². The molecule has 0 spiro atoms. The Labute approximate surface area is 98.4 Å². The fourth-order valence-corrected chi connectivity index (χ4v) is 0.842. The lowest BCUT2D eigenvalue weighted by molar-refractivity contribution is -0.136. The van der Waals surface area contributed by atoms with Crippen molar-refractivity contribution in [2.24, 2.45) is 4.99 Å². The van der Waals surface area contributed by atoms with Gasteiger partial charge in [-0.3, -0.25) is 0 Å². The number of carbonyl (C=O) groups excluding carboxylic acids is 2. The summed E-state index contributed by atoms with van der Waals surface area (Å²) < 4.78 is 8.84. The largest absolute Gasteiger partial charge is 0.464 e. The molecule has 0 atom stereocenters. The Morgan fingerprint density at radius 2 is 1.75 bits per heavy atom. The number of methoxy groups -OCH3 is 2. The molecule has 0 unspecified atom stereocenters. The van der Waals surface area contributed by atoms with Crippen LogP contribution in [0.4, 0.5) is 0 Å². The standard InChI is InChI=1S/C10H12ClNO4/c1-6(11)5-8(10(14)16-4)12-7(2)9(13)15-3/h5H,2H2,1,3-4H3/b6-5+,12-8?. The summed E-state index contributed by atoms with van der Waals surface area (Å²) in [7, 11) is 2.37. The SMILES string of the molecule is C=C(N=C(/C=C(\C)Cl)C(=O)OC)C(=O)OC. The van der Waals surface area contributed by atoms with Crippen LogP contribution < -0.4 is 0 Å². The number of halogens is 1. The monoisotopic (exact) mass is 245 g/mol. The molecule has 0 N–H and O–H groups in total. The van der Waals surface area contributed by atoms with Crippen LogP contribution in [0.1, 0.15) is 6.92 Å². The van der Waals surface area contributed by atoms with Gasteiger partial charge in [0, 0.05) is 5.03 Å². The first kappa shape index (κ1) is 14.4. The molecule has 0 amide bonds. The highest BCUT2D eigenvalue weighted by Crippen LogP contribution is 2.04. The summed E-state index contributed by atoms with van der Waals surface area (Å²) in [5.74, 6) is -1.45. The Kier molecular flexibility index (Phi) is 6.10. The lowest BCUT2D eigenvalue weighted by Crippen LogP contribution is -2.15. The zero-order chi connectivity index (χ0) is 12.7. The Morgan fingerprint density at radius 1 is 1.25 bits per heavy atom. The maximum atomic E-state index is 11.2. The van der Waals surface area contributed by atoms with Gasteiger partial charge in [-0.05, 0) is 13.0 Å². The van der Waals surface area contributed by atoms with Crippen molar-refractivity contribution < 1.29 is 19.1 Å². The normalized spacial score (nSPS) is 12.0. The predicted octanol–water partition coefficient (Wildman–Crippen LogP) is 1.43. The zero-order valence-electron chi connectivity index (χ0n) is 9.24. The molecule has 0 aliphatic rings. The van der Waals surface area contributed by atoms with Gasteiger partial charge in [0.2, 0.25) is 0 Å². The van der Waals surface area contributed by atoms with E-state index in [0.29, 0.717) is 5.03 Å². The van der Waals surface area contributed by atoms with E-state index in [1.54, 1.807) is 6.92 Å². The number of hydrogen-bond acceptors (Lipinski definition) is 5. The Balaban J connectivity index is 5.12. The van der Waals surface area contributed by atoms with E-state index in [1.165, 1.54) is 20.3 Å². The molecule has 0 aromatic rings. The second kappa shape index (κ2) is 6.79. The molecule has 0 aliphatic carbocycles. The number of aliphatic imine (C=N–C) groups is 1. The Morgan fingerprint density at radius 3 is 2.12 bits per heavy atom. The predicted molar refractivity (Wildman–Crippen MR) is 60.2 cm³/mol. The Bertz CT molecular complexity index is 367. The summed E-state index contributed by atoms with van der Waals surface area (Å²) in [4.78, 5) is 25.9. The fourth-order valence-electron chi connectivity index (χ4n) is 0.739. The molecule has 0 radical (unpaired) electrons. The van der Waals surface area contributed by atoms with Gasteiger partial charge < -0.3 is 9.47 Å². The first-order valence-corrected chi connectivity index (χ1v) is 4.58. The van der Waals surface area contributed by atoms with Crippen molar-refractivity contribution in [3.8, 4) is 0 Å². The van der Waals surface area contributed by atoms with Gasteiger partial charge in [-0.25, -0.2) is 14.6 Å². The van der Waals surface area contributed by atoms with Crippen LogP contribution in [0.2, 0.25) is 0 Å². The minimum atomic E-state index is -0.734. The van der Waals surface area contributed by atoms with Gasteiger partial charge in [-0.1, -0.05) is 18.2 Å². The molecule has 88 valence electrons. The minimum absolute atomic E-state index is 0.120. The first-order valence-electron chi connectivity index (χ1n) is 4.20. The van der Waals surface area contributed by atoms with Gasteiger partial charge in [0.1, 0.15) is 11.4 Å². The first-order chi connectivity index (χ1) is 7.42. The van der Waals surface area contributed by atoms with Gasteiger partial charge in [0.05, 0.1) is 14.2 Å². The number of ether oxygens (including phenoxy) is 2. The van der Waals surface area contributed by atoms with E-state index >= 15 is 0 Å². The third-order valence-corrected chi connectivity index (χ3v) is 1.52. The molecule has 0 heterocycles. The number of carbonyl (C=O) groups is 2. The molecule has 6 heteroatoms. The molecule has 0 saturated heterocycles. The van der Waals surface area contributed by atoms with Crippen molar-refractivity contribution in [2.75, 3.05) is 14.2 Å². The molecule has 16 heavy (non-hydrogen) atoms. The molecule has 0 fully saturated rings. The molecule has 0 aromatic carbocycles. The van der Waals surface area contributed by atoms with Crippen LogP contribution >= 0.6 is 11.6 Å². The van der Waals surface area contributed by atoms with E-state index in [0.717, 1.165) is 0 Å². The minimum Gasteiger partial charge on any atom is -0.464 e. The van der Waals surface area contributed by atoms with Crippen LogP contribution in [0.3, 0.4) is 0 Å². The van der Waals surface area contributed by atoms with Crippen LogP contribution in [-0.4, -0.2) is 31.9 Å². The number of esters is 2. The summed E-state index contributed by atoms with van der Waals surface area (Å²) >= 11 is 5.60. The van der Waals surface area contributed by atoms with E-state index in [2.05, 4.69) is 21.0 Å². The third kappa shape index (κ3) is 4.75. The molecule has 0 bridgehead atoms. The van der Waals surface area contributed by atoms with E-state index in [9.17, 15) is 9.59 Å². The molecule has 0 aromatic heterocycles. The van der Waals surface area contributed by atoms with Crippen molar-refractivity contribution in [1.82, 2.24) is 0 Å². The summed E-state index contributed by atoms with van der Waals surface area (Å²) in [5.41, 5.74) is -0.331. The number of allylic oxidation sites excluding steroid dienone is 1. The fraction of sp³-hybridized carbons (Fsp3) is 0.300. The van der Waals surface area contributed by atoms with Crippen LogP contribution in [0, 0.1) is 0 Å². The van der Waals surface area contributed by atoms with Gasteiger partial charge in [-0.2, -0.15) is 0 Å². The highest BCUT2D eigenvalue weighted by molar-refractivity contribution is 6.44. The van der Waals surface area contributed by atoms with E-state index < -0.39 is 11.9 Å². The van der Waals surface area contributed by atoms with Crippen LogP contribution in [-0.2, 0) is 19.1 Å². The molecule has 0 aliphatic heterocycles. The third-order valence-electron chi connectivity index (χ3n) is 1.41. The number of rotatable bonds is 4. The van der Waals surface area contributed by atoms with Crippen molar-refractivity contribution in [1.29, 1.82) is 0 Å². The van der Waals surface area contributed by atoms with Crippen molar-refractivity contribution >= 4 is 29.3 Å². The topological polar surface area (TPSA) is 65.0 Å². The second-order valence-corrected chi connectivity index (χ2v) is 3.25. The van der Waals surface area contributed by atoms with E-state index in [1.807, 2.05) is 0 Å². The molecule has 0 saturated carbocycles. The highest BCUT2D eigenvalue weighted by Gasteiger charge is 2.13. The average Bonchev–Trinajstić information content (AvgIpc) is 2.25. The van der Waals surface area contributed by atoms with Crippen molar-refractivity contribution in [3.05, 3.63) is 23.4 Å². The molecular weight excluding hydrogens is 234 g/mol. The maximum absolute atomic E-state index is 11.2. The molecule has 5 nitrogen and oxygen atoms in total. The van der Waals surface area contributed by atoms with Crippen LogP contribution in [0.15, 0.2) is 28.4 Å². The summed E-state index contributed by atoms with van der Waals surface area (Å²) in [6.07, 6.45) is 1.27. The summed E-state index contributed by atoms with van der Waals surface area (Å²) in [6, 6.07) is 0. The van der Waals surface area contributed by atoms with E-state index in [4.69, 9.17) is 11.6 Å².